The number of sulfonamides is 1. The summed E-state index contributed by atoms with van der Waals surface area (Å²) in [4.78, 5) is 25.8. The van der Waals surface area contributed by atoms with E-state index < -0.39 is 21.9 Å². The first kappa shape index (κ1) is 27.1. The summed E-state index contributed by atoms with van der Waals surface area (Å²) >= 11 is 12.3. The molecular weight excluding hydrogens is 533 g/mol. The van der Waals surface area contributed by atoms with Crippen LogP contribution in [0.1, 0.15) is 30.4 Å². The lowest BCUT2D eigenvalue weighted by molar-refractivity contribution is -0.133. The molecule has 0 heterocycles. The van der Waals surface area contributed by atoms with E-state index in [1.165, 1.54) is 6.07 Å². The minimum atomic E-state index is -3.86. The van der Waals surface area contributed by atoms with E-state index in [-0.39, 0.29) is 23.3 Å². The highest BCUT2D eigenvalue weighted by Gasteiger charge is 2.37. The summed E-state index contributed by atoms with van der Waals surface area (Å²) < 4.78 is 23.8. The Morgan fingerprint density at radius 3 is 2.11 bits per heavy atom. The Kier molecular flexibility index (Phi) is 8.54. The molecule has 2 atom stereocenters. The van der Waals surface area contributed by atoms with Crippen molar-refractivity contribution < 1.29 is 18.0 Å². The second-order valence-corrected chi connectivity index (χ2v) is 11.3. The van der Waals surface area contributed by atoms with Gasteiger partial charge in [-0.1, -0.05) is 84.2 Å². The van der Waals surface area contributed by atoms with Crippen molar-refractivity contribution in [3.05, 3.63) is 87.9 Å². The first-order chi connectivity index (χ1) is 17.6. The Hall–Kier alpha value is -2.91. The molecule has 1 fully saturated rings. The van der Waals surface area contributed by atoms with Crippen LogP contribution in [0.2, 0.25) is 10.0 Å². The molecule has 4 N–H and O–H groups in total. The van der Waals surface area contributed by atoms with E-state index in [9.17, 15) is 18.0 Å². The standard InChI is InChI=1S/C27H27Cl2N3O4S/c28-23-9-3-5-19(25(23)29)16-32-27(34)22-8-4-7-21(22)26(33)31-15-17-11-13-18(14-12-17)20-6-1-2-10-24(20)37(30,35)36/h1-3,5-6,9-14,21-22H,4,7-8,15-16H2,(H,31,33)(H,32,34)(H2,30,35,36)/t21-,22-/m1/s1. The number of carbonyl (C=O) groups excluding carboxylic acids is 2. The fourth-order valence-corrected chi connectivity index (χ4v) is 5.81. The van der Waals surface area contributed by atoms with Gasteiger partial charge in [-0.3, -0.25) is 9.59 Å². The zero-order valence-corrected chi connectivity index (χ0v) is 22.2. The van der Waals surface area contributed by atoms with Crippen molar-refractivity contribution >= 4 is 45.0 Å². The van der Waals surface area contributed by atoms with Gasteiger partial charge in [0, 0.05) is 30.5 Å². The number of hydrogen-bond donors (Lipinski definition) is 3. The zero-order valence-electron chi connectivity index (χ0n) is 19.9. The quantitative estimate of drug-likeness (QED) is 0.372. The lowest BCUT2D eigenvalue weighted by Crippen LogP contribution is -2.39. The molecule has 3 aromatic carbocycles. The molecule has 4 rings (SSSR count). The van der Waals surface area contributed by atoms with Gasteiger partial charge in [-0.05, 0) is 41.7 Å². The van der Waals surface area contributed by atoms with Gasteiger partial charge in [-0.25, -0.2) is 13.6 Å². The van der Waals surface area contributed by atoms with E-state index in [0.29, 0.717) is 40.6 Å². The fraction of sp³-hybridized carbons (Fsp3) is 0.259. The molecule has 37 heavy (non-hydrogen) atoms. The van der Waals surface area contributed by atoms with Crippen LogP contribution in [0.5, 0.6) is 0 Å². The minimum absolute atomic E-state index is 0.0548. The highest BCUT2D eigenvalue weighted by Crippen LogP contribution is 2.33. The maximum atomic E-state index is 12.9. The largest absolute Gasteiger partial charge is 0.352 e. The van der Waals surface area contributed by atoms with Crippen LogP contribution < -0.4 is 15.8 Å². The Labute approximate surface area is 226 Å². The lowest BCUT2D eigenvalue weighted by Gasteiger charge is -2.19. The lowest BCUT2D eigenvalue weighted by atomic mass is 9.94. The van der Waals surface area contributed by atoms with Crippen molar-refractivity contribution in [2.24, 2.45) is 17.0 Å². The Balaban J connectivity index is 1.35. The first-order valence-electron chi connectivity index (χ1n) is 11.8. The third-order valence-electron chi connectivity index (χ3n) is 6.60. The predicted octanol–water partition coefficient (Wildman–Crippen LogP) is 4.66. The molecule has 0 aromatic heterocycles. The second-order valence-electron chi connectivity index (χ2n) is 9.03. The molecule has 10 heteroatoms. The topological polar surface area (TPSA) is 118 Å². The molecule has 3 aromatic rings. The smallest absolute Gasteiger partial charge is 0.238 e. The predicted molar refractivity (Wildman–Crippen MR) is 144 cm³/mol. The Bertz CT molecular complexity index is 1410. The van der Waals surface area contributed by atoms with Crippen molar-refractivity contribution in [3.63, 3.8) is 0 Å². The Morgan fingerprint density at radius 2 is 1.46 bits per heavy atom. The third-order valence-corrected chi connectivity index (χ3v) is 8.43. The van der Waals surface area contributed by atoms with Gasteiger partial charge in [0.05, 0.1) is 14.9 Å². The molecule has 0 saturated heterocycles. The van der Waals surface area contributed by atoms with Crippen molar-refractivity contribution in [1.82, 2.24) is 10.6 Å². The number of primary sulfonamides is 1. The van der Waals surface area contributed by atoms with Gasteiger partial charge in [0.1, 0.15) is 0 Å². The average molecular weight is 561 g/mol. The molecule has 1 saturated carbocycles. The summed E-state index contributed by atoms with van der Waals surface area (Å²) in [6.07, 6.45) is 2.09. The van der Waals surface area contributed by atoms with Gasteiger partial charge in [-0.2, -0.15) is 0 Å². The van der Waals surface area contributed by atoms with Crippen LogP contribution in [-0.4, -0.2) is 20.2 Å². The molecule has 0 aliphatic heterocycles. The number of hydrogen-bond acceptors (Lipinski definition) is 4. The number of nitrogens with two attached hydrogens (primary N) is 1. The summed E-state index contributed by atoms with van der Waals surface area (Å²) in [6.45, 7) is 0.531. The number of rotatable bonds is 8. The van der Waals surface area contributed by atoms with Crippen molar-refractivity contribution in [1.29, 1.82) is 0 Å². The monoisotopic (exact) mass is 559 g/mol. The first-order valence-corrected chi connectivity index (χ1v) is 14.1. The van der Waals surface area contributed by atoms with E-state index >= 15 is 0 Å². The van der Waals surface area contributed by atoms with E-state index in [1.807, 2.05) is 12.1 Å². The molecule has 0 radical (unpaired) electrons. The van der Waals surface area contributed by atoms with E-state index in [1.54, 1.807) is 48.5 Å². The van der Waals surface area contributed by atoms with Gasteiger partial charge < -0.3 is 10.6 Å². The van der Waals surface area contributed by atoms with Crippen LogP contribution in [0.3, 0.4) is 0 Å². The number of halogens is 2. The van der Waals surface area contributed by atoms with Crippen LogP contribution in [0.25, 0.3) is 11.1 Å². The molecule has 0 bridgehead atoms. The number of benzene rings is 3. The SMILES string of the molecule is NS(=O)(=O)c1ccccc1-c1ccc(CNC(=O)[C@@H]2CCC[C@H]2C(=O)NCc2cccc(Cl)c2Cl)cc1. The molecule has 0 unspecified atom stereocenters. The zero-order chi connectivity index (χ0) is 26.6. The summed E-state index contributed by atoms with van der Waals surface area (Å²) in [7, 11) is -3.86. The number of amides is 2. The van der Waals surface area contributed by atoms with Crippen molar-refractivity contribution in [2.75, 3.05) is 0 Å². The van der Waals surface area contributed by atoms with Crippen LogP contribution in [0.4, 0.5) is 0 Å². The molecule has 194 valence electrons. The van der Waals surface area contributed by atoms with Gasteiger partial charge >= 0.3 is 0 Å². The highest BCUT2D eigenvalue weighted by atomic mass is 35.5. The van der Waals surface area contributed by atoms with Crippen LogP contribution in [0, 0.1) is 11.8 Å². The molecule has 2 amide bonds. The van der Waals surface area contributed by atoms with Gasteiger partial charge in [0.25, 0.3) is 0 Å². The molecule has 0 spiro atoms. The summed E-state index contributed by atoms with van der Waals surface area (Å²) in [5, 5.41) is 12.0. The highest BCUT2D eigenvalue weighted by molar-refractivity contribution is 7.89. The summed E-state index contributed by atoms with van der Waals surface area (Å²) in [5.41, 5.74) is 2.78. The molecule has 1 aliphatic carbocycles. The fourth-order valence-electron chi connectivity index (χ4n) is 4.66. The number of carbonyl (C=O) groups is 2. The molecule has 1 aliphatic rings. The van der Waals surface area contributed by atoms with Crippen LogP contribution in [0.15, 0.2) is 71.6 Å². The number of nitrogens with one attached hydrogen (secondary N) is 2. The van der Waals surface area contributed by atoms with E-state index in [2.05, 4.69) is 10.6 Å². The van der Waals surface area contributed by atoms with Crippen molar-refractivity contribution in [2.45, 2.75) is 37.2 Å². The van der Waals surface area contributed by atoms with Crippen LogP contribution >= 0.6 is 23.2 Å². The average Bonchev–Trinajstić information content (AvgIpc) is 3.38. The van der Waals surface area contributed by atoms with Gasteiger partial charge in [0.15, 0.2) is 0 Å². The van der Waals surface area contributed by atoms with Gasteiger partial charge in [0.2, 0.25) is 21.8 Å². The van der Waals surface area contributed by atoms with Crippen molar-refractivity contribution in [3.8, 4) is 11.1 Å². The second kappa shape index (κ2) is 11.6. The van der Waals surface area contributed by atoms with Crippen LogP contribution in [-0.2, 0) is 32.7 Å². The maximum Gasteiger partial charge on any atom is 0.238 e. The third kappa shape index (κ3) is 6.51. The normalized spacial score (nSPS) is 17.4. The van der Waals surface area contributed by atoms with E-state index in [4.69, 9.17) is 28.3 Å². The van der Waals surface area contributed by atoms with E-state index in [0.717, 1.165) is 17.5 Å². The Morgan fingerprint density at radius 1 is 0.838 bits per heavy atom. The maximum absolute atomic E-state index is 12.9. The molecule has 7 nitrogen and oxygen atoms in total. The minimum Gasteiger partial charge on any atom is -0.352 e. The summed E-state index contributed by atoms with van der Waals surface area (Å²) in [6, 6.07) is 19.0. The molecular formula is C27H27Cl2N3O4S. The summed E-state index contributed by atoms with van der Waals surface area (Å²) in [5.74, 6) is -1.15. The van der Waals surface area contributed by atoms with Gasteiger partial charge in [-0.15, -0.1) is 0 Å².